The molecule has 1 aliphatic carbocycles. The molecule has 1 aliphatic rings. The fourth-order valence-corrected chi connectivity index (χ4v) is 6.28. The second-order valence-corrected chi connectivity index (χ2v) is 13.9. The molecule has 294 valence electrons. The van der Waals surface area contributed by atoms with Gasteiger partial charge in [0.2, 0.25) is 0 Å². The third-order valence-electron chi connectivity index (χ3n) is 8.27. The van der Waals surface area contributed by atoms with Crippen LogP contribution in [0, 0.1) is 26.0 Å². The second-order valence-electron chi connectivity index (χ2n) is 12.1. The van der Waals surface area contributed by atoms with Crippen molar-refractivity contribution >= 4 is 63.1 Å². The number of carbonyl (C=O) groups is 3. The number of carbonyl (C=O) groups excluding carboxylic acids is 3. The van der Waals surface area contributed by atoms with Gasteiger partial charge in [0.15, 0.2) is 0 Å². The Morgan fingerprint density at radius 1 is 0.877 bits per heavy atom. The number of benzene rings is 4. The van der Waals surface area contributed by atoms with Crippen molar-refractivity contribution in [3.63, 3.8) is 0 Å². The molecule has 4 aromatic rings. The molecule has 4 aromatic carbocycles. The van der Waals surface area contributed by atoms with Gasteiger partial charge >= 0.3 is 17.9 Å². The molecule has 0 saturated carbocycles. The number of allylic oxidation sites excluding steroid dienone is 2. The van der Waals surface area contributed by atoms with E-state index >= 15 is 0 Å². The Morgan fingerprint density at radius 3 is 2.19 bits per heavy atom. The van der Waals surface area contributed by atoms with Crippen LogP contribution in [0.3, 0.4) is 0 Å². The Kier molecular flexibility index (Phi) is 13.2. The van der Waals surface area contributed by atoms with Crippen molar-refractivity contribution in [2.24, 2.45) is 5.73 Å². The first-order valence-corrected chi connectivity index (χ1v) is 18.5. The van der Waals surface area contributed by atoms with Crippen LogP contribution in [0.25, 0.3) is 17.2 Å². The van der Waals surface area contributed by atoms with Gasteiger partial charge in [0.1, 0.15) is 46.3 Å². The number of ether oxygens (including phenoxy) is 3. The summed E-state index contributed by atoms with van der Waals surface area (Å²) in [6.45, 7) is 0.784. The van der Waals surface area contributed by atoms with Gasteiger partial charge in [-0.15, -0.1) is 20.2 Å². The Hall–Kier alpha value is -6.86. The van der Waals surface area contributed by atoms with Gasteiger partial charge in [-0.1, -0.05) is 30.4 Å². The summed E-state index contributed by atoms with van der Waals surface area (Å²) >= 11 is 4.94. The highest BCUT2D eigenvalue weighted by Crippen LogP contribution is 2.44. The summed E-state index contributed by atoms with van der Waals surface area (Å²) in [6.07, 6.45) is 0.433. The SMILES string of the molecule is CC1=C(CC(=O)Oc2ccc(OC(=O)CC(CO[N+](=O)[O-])O[N+](=O)[O-])c(C(=O)Oc3ccc(C(N)=S)cc3)c2)c2cc(F)ccc2C1=Cc1ccc(S(C)=O)cc1. The number of hydrogen-bond donors (Lipinski definition) is 1. The minimum Gasteiger partial charge on any atom is -0.426 e. The summed E-state index contributed by atoms with van der Waals surface area (Å²) < 4.78 is 42.7. The Bertz CT molecular complexity index is 2360. The molecule has 0 radical (unpaired) electrons. The number of hydrogen-bond acceptors (Lipinski definition) is 14. The molecule has 2 N–H and O–H groups in total. The van der Waals surface area contributed by atoms with E-state index in [0.717, 1.165) is 23.3 Å². The summed E-state index contributed by atoms with van der Waals surface area (Å²) in [6, 6.07) is 20.4. The lowest BCUT2D eigenvalue weighted by atomic mass is 10.0. The highest BCUT2D eigenvalue weighted by molar-refractivity contribution is 7.84. The molecule has 57 heavy (non-hydrogen) atoms. The highest BCUT2D eigenvalue weighted by atomic mass is 32.2. The van der Waals surface area contributed by atoms with Crippen LogP contribution < -0.4 is 19.9 Å². The molecule has 2 unspecified atom stereocenters. The van der Waals surface area contributed by atoms with Crippen LogP contribution in [0.4, 0.5) is 4.39 Å². The van der Waals surface area contributed by atoms with Gasteiger partial charge in [0, 0.05) is 27.5 Å². The minimum absolute atomic E-state index is 0.0192. The van der Waals surface area contributed by atoms with Gasteiger partial charge < -0.3 is 29.6 Å². The predicted molar refractivity (Wildman–Crippen MR) is 205 cm³/mol. The van der Waals surface area contributed by atoms with Crippen LogP contribution in [0.5, 0.6) is 17.2 Å². The fraction of sp³-hybridized carbons (Fsp3) is 0.158. The van der Waals surface area contributed by atoms with Crippen molar-refractivity contribution in [2.75, 3.05) is 12.9 Å². The van der Waals surface area contributed by atoms with E-state index in [4.69, 9.17) is 32.2 Å². The van der Waals surface area contributed by atoms with Crippen LogP contribution in [0.2, 0.25) is 0 Å². The van der Waals surface area contributed by atoms with Gasteiger partial charge in [-0.05, 0) is 113 Å². The topological polar surface area (TPSA) is 227 Å². The number of halogens is 1. The van der Waals surface area contributed by atoms with Gasteiger partial charge in [-0.3, -0.25) is 13.8 Å². The first-order chi connectivity index (χ1) is 27.1. The highest BCUT2D eigenvalue weighted by Gasteiger charge is 2.28. The van der Waals surface area contributed by atoms with Crippen LogP contribution in [-0.4, -0.2) is 56.2 Å². The summed E-state index contributed by atoms with van der Waals surface area (Å²) in [5.74, 6) is -4.26. The third kappa shape index (κ3) is 10.9. The van der Waals surface area contributed by atoms with Crippen molar-refractivity contribution in [1.29, 1.82) is 0 Å². The number of rotatable bonds is 16. The zero-order chi connectivity index (χ0) is 41.4. The van der Waals surface area contributed by atoms with E-state index in [1.807, 2.05) is 6.08 Å². The maximum Gasteiger partial charge on any atom is 0.347 e. The maximum atomic E-state index is 14.5. The molecular weight excluding hydrogens is 790 g/mol. The van der Waals surface area contributed by atoms with Crippen LogP contribution in [-0.2, 0) is 30.1 Å². The monoisotopic (exact) mass is 819 g/mol. The summed E-state index contributed by atoms with van der Waals surface area (Å²) in [7, 11) is -1.17. The van der Waals surface area contributed by atoms with Gasteiger partial charge in [-0.25, -0.2) is 9.18 Å². The van der Waals surface area contributed by atoms with E-state index in [1.54, 1.807) is 43.5 Å². The number of esters is 3. The first-order valence-electron chi connectivity index (χ1n) is 16.5. The average molecular weight is 820 g/mol. The van der Waals surface area contributed by atoms with Crippen molar-refractivity contribution in [3.8, 4) is 17.2 Å². The maximum absolute atomic E-state index is 14.5. The quantitative estimate of drug-likeness (QED) is 0.0462. The molecule has 5 rings (SSSR count). The van der Waals surface area contributed by atoms with E-state index < -0.39 is 75.1 Å². The number of thiocarbonyl (C=S) groups is 1. The van der Waals surface area contributed by atoms with Crippen molar-refractivity contribution in [3.05, 3.63) is 144 Å². The normalized spacial score (nSPS) is 13.6. The van der Waals surface area contributed by atoms with E-state index in [-0.39, 0.29) is 22.9 Å². The van der Waals surface area contributed by atoms with Crippen LogP contribution in [0.1, 0.15) is 52.4 Å². The molecule has 0 heterocycles. The summed E-state index contributed by atoms with van der Waals surface area (Å²) in [4.78, 5) is 70.3. The zero-order valence-corrected chi connectivity index (χ0v) is 31.5. The smallest absolute Gasteiger partial charge is 0.347 e. The molecule has 19 heteroatoms. The van der Waals surface area contributed by atoms with E-state index in [1.165, 1.54) is 42.5 Å². The lowest BCUT2D eigenvalue weighted by Gasteiger charge is -2.15. The number of nitrogens with two attached hydrogens (primary N) is 1. The standard InChI is InChI=1S/C38H30FN3O13S2/c1-21-30(15-22-3-11-28(12-4-22)57(2)50)29-13-7-24(39)16-32(29)31(21)19-36(44)52-26-10-14-34(54-35(43)18-27(55-42(48)49)20-51-41(46)47)33(17-26)38(45)53-25-8-5-23(6-9-25)37(40)56/h3-17,27H,18-20H2,1-2H3,(H2,40,56). The molecule has 0 fully saturated rings. The molecule has 0 aromatic heterocycles. The summed E-state index contributed by atoms with van der Waals surface area (Å²) in [5, 5.41) is 19.0. The summed E-state index contributed by atoms with van der Waals surface area (Å²) in [5.41, 5.74) is 9.47. The van der Waals surface area contributed by atoms with Gasteiger partial charge in [-0.2, -0.15) is 0 Å². The van der Waals surface area contributed by atoms with E-state index in [9.17, 15) is 43.2 Å². The van der Waals surface area contributed by atoms with Gasteiger partial charge in [0.25, 0.3) is 10.2 Å². The fourth-order valence-electron chi connectivity index (χ4n) is 5.63. The average Bonchev–Trinajstić information content (AvgIpc) is 3.39. The van der Waals surface area contributed by atoms with Crippen molar-refractivity contribution in [1.82, 2.24) is 0 Å². The Morgan fingerprint density at radius 2 is 1.56 bits per heavy atom. The molecule has 2 atom stereocenters. The molecule has 0 bridgehead atoms. The lowest BCUT2D eigenvalue weighted by Crippen LogP contribution is -2.29. The largest absolute Gasteiger partial charge is 0.426 e. The van der Waals surface area contributed by atoms with Crippen molar-refractivity contribution in [2.45, 2.75) is 30.8 Å². The predicted octanol–water partition coefficient (Wildman–Crippen LogP) is 5.82. The molecular formula is C38H30FN3O13S2. The van der Waals surface area contributed by atoms with Crippen LogP contribution in [0.15, 0.2) is 95.4 Å². The van der Waals surface area contributed by atoms with Gasteiger partial charge in [0.05, 0.1) is 12.8 Å². The number of fused-ring (bicyclic) bond motifs is 1. The third-order valence-corrected chi connectivity index (χ3v) is 9.44. The molecule has 16 nitrogen and oxygen atoms in total. The first kappa shape index (κ1) is 41.3. The van der Waals surface area contributed by atoms with Crippen molar-refractivity contribution < 1.29 is 57.0 Å². The zero-order valence-electron chi connectivity index (χ0n) is 29.8. The molecule has 0 spiro atoms. The Labute approximate surface area is 330 Å². The molecule has 0 saturated heterocycles. The van der Waals surface area contributed by atoms with Crippen LogP contribution >= 0.6 is 12.2 Å². The van der Waals surface area contributed by atoms with E-state index in [0.29, 0.717) is 32.7 Å². The second kappa shape index (κ2) is 18.2. The minimum atomic E-state index is -1.75. The molecule has 0 amide bonds. The Balaban J connectivity index is 1.41. The van der Waals surface area contributed by atoms with E-state index in [2.05, 4.69) is 9.68 Å². The number of nitrogens with zero attached hydrogens (tertiary/aromatic N) is 2. The lowest BCUT2D eigenvalue weighted by molar-refractivity contribution is -0.789. The molecule has 0 aliphatic heterocycles.